The molecular formula is C24H23N5O. The summed E-state index contributed by atoms with van der Waals surface area (Å²) in [5.74, 6) is 0. The first kappa shape index (κ1) is 18.5. The number of benzene rings is 2. The second kappa shape index (κ2) is 7.06. The van der Waals surface area contributed by atoms with Crippen LogP contribution in [0.4, 0.5) is 0 Å². The molecule has 1 atom stereocenters. The predicted octanol–water partition coefficient (Wildman–Crippen LogP) is 4.82. The molecule has 3 aromatic heterocycles. The zero-order chi connectivity index (χ0) is 20.8. The Bertz CT molecular complexity index is 1450. The Balaban J connectivity index is 1.94. The van der Waals surface area contributed by atoms with Crippen molar-refractivity contribution in [2.24, 2.45) is 0 Å². The predicted molar refractivity (Wildman–Crippen MR) is 120 cm³/mol. The first-order valence-corrected chi connectivity index (χ1v) is 10.4. The maximum atomic E-state index is 13.5. The molecule has 0 saturated carbocycles. The minimum absolute atomic E-state index is 0.0602. The van der Waals surface area contributed by atoms with Crippen LogP contribution in [0.1, 0.15) is 38.8 Å². The van der Waals surface area contributed by atoms with E-state index in [1.807, 2.05) is 35.8 Å². The van der Waals surface area contributed by atoms with Gasteiger partial charge in [-0.15, -0.1) is 0 Å². The molecule has 150 valence electrons. The van der Waals surface area contributed by atoms with E-state index in [4.69, 9.17) is 15.0 Å². The molecule has 0 unspecified atom stereocenters. The van der Waals surface area contributed by atoms with Gasteiger partial charge in [0.2, 0.25) is 0 Å². The number of para-hydroxylation sites is 2. The molecule has 0 bridgehead atoms. The van der Waals surface area contributed by atoms with Gasteiger partial charge in [0, 0.05) is 11.7 Å². The van der Waals surface area contributed by atoms with E-state index in [1.54, 1.807) is 10.9 Å². The monoisotopic (exact) mass is 397 g/mol. The van der Waals surface area contributed by atoms with E-state index in [9.17, 15) is 4.79 Å². The molecule has 0 aliphatic rings. The maximum Gasteiger partial charge on any atom is 0.265 e. The molecule has 0 aliphatic heterocycles. The lowest BCUT2D eigenvalue weighted by Gasteiger charge is -2.12. The molecule has 0 N–H and O–H groups in total. The molecule has 0 amide bonds. The molecule has 0 aliphatic carbocycles. The van der Waals surface area contributed by atoms with E-state index in [-0.39, 0.29) is 11.6 Å². The van der Waals surface area contributed by atoms with Gasteiger partial charge in [0.15, 0.2) is 11.3 Å². The fraction of sp³-hybridized carbons (Fsp3) is 0.250. The van der Waals surface area contributed by atoms with E-state index >= 15 is 0 Å². The summed E-state index contributed by atoms with van der Waals surface area (Å²) < 4.78 is 3.65. The number of hydrogen-bond acceptors (Lipinski definition) is 4. The first-order chi connectivity index (χ1) is 14.6. The van der Waals surface area contributed by atoms with E-state index in [0.717, 1.165) is 29.6 Å². The van der Waals surface area contributed by atoms with Gasteiger partial charge in [-0.05, 0) is 49.6 Å². The van der Waals surface area contributed by atoms with Crippen molar-refractivity contribution in [2.75, 3.05) is 0 Å². The Labute approximate surface area is 173 Å². The molecule has 6 heteroatoms. The van der Waals surface area contributed by atoms with Crippen LogP contribution in [0.25, 0.3) is 38.9 Å². The highest BCUT2D eigenvalue weighted by atomic mass is 16.1. The lowest BCUT2D eigenvalue weighted by molar-refractivity contribution is 0.510. The van der Waals surface area contributed by atoms with Crippen LogP contribution in [0.3, 0.4) is 0 Å². The van der Waals surface area contributed by atoms with Crippen LogP contribution in [-0.2, 0) is 6.42 Å². The second-order valence-electron chi connectivity index (χ2n) is 7.65. The molecule has 3 heterocycles. The fourth-order valence-electron chi connectivity index (χ4n) is 3.89. The summed E-state index contributed by atoms with van der Waals surface area (Å²) in [5, 5.41) is 0.519. The van der Waals surface area contributed by atoms with Crippen molar-refractivity contribution in [1.29, 1.82) is 0 Å². The van der Waals surface area contributed by atoms with Gasteiger partial charge in [-0.3, -0.25) is 13.9 Å². The average Bonchev–Trinajstić information content (AvgIpc) is 3.11. The fourth-order valence-corrected chi connectivity index (χ4v) is 3.89. The quantitative estimate of drug-likeness (QED) is 0.436. The number of rotatable bonds is 4. The van der Waals surface area contributed by atoms with Gasteiger partial charge < -0.3 is 0 Å². The molecule has 0 spiro atoms. The Morgan fingerprint density at radius 1 is 0.933 bits per heavy atom. The van der Waals surface area contributed by atoms with Crippen LogP contribution in [0.15, 0.2) is 59.7 Å². The van der Waals surface area contributed by atoms with Crippen LogP contribution in [0, 0.1) is 0 Å². The second-order valence-corrected chi connectivity index (χ2v) is 7.65. The highest BCUT2D eigenvalue weighted by molar-refractivity contribution is 6.05. The van der Waals surface area contributed by atoms with E-state index in [0.29, 0.717) is 22.2 Å². The molecule has 0 saturated heterocycles. The summed E-state index contributed by atoms with van der Waals surface area (Å²) in [5.41, 5.74) is 5.50. The Morgan fingerprint density at radius 3 is 2.30 bits per heavy atom. The third-order valence-electron chi connectivity index (χ3n) is 5.86. The number of aryl methyl sites for hydroxylation is 1. The largest absolute Gasteiger partial charge is 0.296 e. The molecule has 5 aromatic rings. The zero-order valence-corrected chi connectivity index (χ0v) is 17.3. The van der Waals surface area contributed by atoms with Gasteiger partial charge in [0.1, 0.15) is 17.2 Å². The topological polar surface area (TPSA) is 65.6 Å². The Hall–Kier alpha value is -3.54. The molecule has 6 nitrogen and oxygen atoms in total. The molecule has 30 heavy (non-hydrogen) atoms. The summed E-state index contributed by atoms with van der Waals surface area (Å²) in [6.07, 6.45) is 3.46. The van der Waals surface area contributed by atoms with E-state index in [2.05, 4.69) is 38.1 Å². The molecule has 2 aromatic carbocycles. The van der Waals surface area contributed by atoms with Gasteiger partial charge in [-0.2, -0.15) is 0 Å². The van der Waals surface area contributed by atoms with Crippen LogP contribution in [0.2, 0.25) is 0 Å². The minimum atomic E-state index is -0.0761. The van der Waals surface area contributed by atoms with E-state index in [1.165, 1.54) is 5.56 Å². The van der Waals surface area contributed by atoms with Crippen molar-refractivity contribution in [3.8, 4) is 5.69 Å². The van der Waals surface area contributed by atoms with Gasteiger partial charge >= 0.3 is 0 Å². The molecule has 0 fully saturated rings. The highest BCUT2D eigenvalue weighted by Gasteiger charge is 2.21. The summed E-state index contributed by atoms with van der Waals surface area (Å²) in [7, 11) is 0. The van der Waals surface area contributed by atoms with E-state index < -0.39 is 0 Å². The molecule has 0 radical (unpaired) electrons. The Kier molecular flexibility index (Phi) is 4.35. The minimum Gasteiger partial charge on any atom is -0.296 e. The normalized spacial score (nSPS) is 12.8. The van der Waals surface area contributed by atoms with Crippen molar-refractivity contribution in [3.05, 3.63) is 70.8 Å². The van der Waals surface area contributed by atoms with Crippen molar-refractivity contribution >= 4 is 33.2 Å². The highest BCUT2D eigenvalue weighted by Crippen LogP contribution is 2.28. The van der Waals surface area contributed by atoms with Gasteiger partial charge in [-0.25, -0.2) is 15.0 Å². The molecular weight excluding hydrogens is 374 g/mol. The lowest BCUT2D eigenvalue weighted by atomic mass is 10.1. The van der Waals surface area contributed by atoms with Gasteiger partial charge in [0.25, 0.3) is 5.56 Å². The van der Waals surface area contributed by atoms with Crippen molar-refractivity contribution < 1.29 is 0 Å². The van der Waals surface area contributed by atoms with Crippen LogP contribution >= 0.6 is 0 Å². The number of fused-ring (bicyclic) bond motifs is 4. The SMILES string of the molecule is CCc1ccc(-n2c3nc4ccccc4nc3c3c(=O)n([C@H](C)CC)cnc32)cc1. The maximum absolute atomic E-state index is 13.5. The van der Waals surface area contributed by atoms with Crippen molar-refractivity contribution in [2.45, 2.75) is 39.7 Å². The number of nitrogens with zero attached hydrogens (tertiary/aromatic N) is 5. The summed E-state index contributed by atoms with van der Waals surface area (Å²) >= 11 is 0. The van der Waals surface area contributed by atoms with Gasteiger partial charge in [-0.1, -0.05) is 38.1 Å². The third kappa shape index (κ3) is 2.71. The van der Waals surface area contributed by atoms with Crippen LogP contribution in [-0.4, -0.2) is 24.1 Å². The first-order valence-electron chi connectivity index (χ1n) is 10.4. The zero-order valence-electron chi connectivity index (χ0n) is 17.3. The lowest BCUT2D eigenvalue weighted by Crippen LogP contribution is -2.23. The van der Waals surface area contributed by atoms with Gasteiger partial charge in [0.05, 0.1) is 11.0 Å². The van der Waals surface area contributed by atoms with Crippen LogP contribution < -0.4 is 5.56 Å². The summed E-state index contributed by atoms with van der Waals surface area (Å²) in [6, 6.07) is 16.1. The Morgan fingerprint density at radius 2 is 1.63 bits per heavy atom. The van der Waals surface area contributed by atoms with Crippen molar-refractivity contribution in [1.82, 2.24) is 24.1 Å². The molecule has 5 rings (SSSR count). The summed E-state index contributed by atoms with van der Waals surface area (Å²) in [4.78, 5) is 27.9. The standard InChI is InChI=1S/C24H23N5O/c1-4-15(3)28-14-25-22-20(24(28)30)21-23(27-19-9-7-6-8-18(19)26-21)29(22)17-12-10-16(5-2)11-13-17/h6-15H,4-5H2,1-3H3/t15-/m1/s1. The summed E-state index contributed by atoms with van der Waals surface area (Å²) in [6.45, 7) is 6.22. The smallest absolute Gasteiger partial charge is 0.265 e. The average molecular weight is 397 g/mol. The number of aromatic nitrogens is 5. The number of hydrogen-bond donors (Lipinski definition) is 0. The van der Waals surface area contributed by atoms with Crippen molar-refractivity contribution in [3.63, 3.8) is 0 Å². The van der Waals surface area contributed by atoms with Crippen LogP contribution in [0.5, 0.6) is 0 Å². The third-order valence-corrected chi connectivity index (χ3v) is 5.86.